The van der Waals surface area contributed by atoms with Crippen LogP contribution in [0.1, 0.15) is 24.5 Å². The first-order chi connectivity index (χ1) is 12.3. The average molecular weight is 368 g/mol. The van der Waals surface area contributed by atoms with Crippen molar-refractivity contribution in [1.29, 1.82) is 0 Å². The van der Waals surface area contributed by atoms with Crippen LogP contribution in [0.3, 0.4) is 0 Å². The van der Waals surface area contributed by atoms with Crippen molar-refractivity contribution in [2.24, 2.45) is 0 Å². The molecule has 26 heavy (non-hydrogen) atoms. The Bertz CT molecular complexity index is 746. The lowest BCUT2D eigenvalue weighted by molar-refractivity contribution is -0.137. The van der Waals surface area contributed by atoms with Crippen molar-refractivity contribution in [3.8, 4) is 11.6 Å². The zero-order valence-electron chi connectivity index (χ0n) is 14.3. The molecule has 0 aliphatic carbocycles. The quantitative estimate of drug-likeness (QED) is 0.804. The molecular weight excluding hydrogens is 349 g/mol. The van der Waals surface area contributed by atoms with E-state index in [0.29, 0.717) is 12.0 Å². The Kier molecular flexibility index (Phi) is 6.57. The standard InChI is InChI=1S/C18H19F3N2O3/c1-3-15(25-2)16(24)23-11-12-6-5-9-22-17(12)26-14-8-4-7-13(10-14)18(19,20)21/h4-10,15H,3,11H2,1-2H3,(H,23,24)/t15-/m0/s1. The second-order valence-electron chi connectivity index (χ2n) is 5.45. The maximum Gasteiger partial charge on any atom is 0.416 e. The number of hydrogen-bond donors (Lipinski definition) is 1. The molecule has 0 saturated carbocycles. The SMILES string of the molecule is CC[C@H](OC)C(=O)NCc1cccnc1Oc1cccc(C(F)(F)F)c1. The number of halogens is 3. The molecule has 5 nitrogen and oxygen atoms in total. The minimum Gasteiger partial charge on any atom is -0.439 e. The molecule has 1 N–H and O–H groups in total. The smallest absolute Gasteiger partial charge is 0.416 e. The number of hydrogen-bond acceptors (Lipinski definition) is 4. The topological polar surface area (TPSA) is 60.5 Å². The number of benzene rings is 1. The summed E-state index contributed by atoms with van der Waals surface area (Å²) in [5.74, 6) is -0.157. The Morgan fingerprint density at radius 1 is 1.27 bits per heavy atom. The van der Waals surface area contributed by atoms with Gasteiger partial charge in [0.15, 0.2) is 0 Å². The lowest BCUT2D eigenvalue weighted by Crippen LogP contribution is -2.35. The highest BCUT2D eigenvalue weighted by Gasteiger charge is 2.30. The highest BCUT2D eigenvalue weighted by Crippen LogP contribution is 2.32. The van der Waals surface area contributed by atoms with Crippen LogP contribution >= 0.6 is 0 Å². The highest BCUT2D eigenvalue weighted by atomic mass is 19.4. The molecule has 2 rings (SSSR count). The Morgan fingerprint density at radius 2 is 2.04 bits per heavy atom. The van der Waals surface area contributed by atoms with Crippen LogP contribution in [0.4, 0.5) is 13.2 Å². The maximum absolute atomic E-state index is 12.8. The number of nitrogens with one attached hydrogen (secondary N) is 1. The first kappa shape index (κ1) is 19.7. The molecule has 8 heteroatoms. The molecule has 0 aliphatic rings. The van der Waals surface area contributed by atoms with Crippen LogP contribution in [0.25, 0.3) is 0 Å². The summed E-state index contributed by atoms with van der Waals surface area (Å²) in [4.78, 5) is 16.0. The fourth-order valence-corrected chi connectivity index (χ4v) is 2.25. The molecule has 0 radical (unpaired) electrons. The van der Waals surface area contributed by atoms with Gasteiger partial charge < -0.3 is 14.8 Å². The normalized spacial score (nSPS) is 12.5. The highest BCUT2D eigenvalue weighted by molar-refractivity contribution is 5.80. The van der Waals surface area contributed by atoms with Gasteiger partial charge in [0.2, 0.25) is 11.8 Å². The van der Waals surface area contributed by atoms with E-state index in [0.717, 1.165) is 12.1 Å². The van der Waals surface area contributed by atoms with E-state index >= 15 is 0 Å². The van der Waals surface area contributed by atoms with Crippen LogP contribution in [0.2, 0.25) is 0 Å². The molecule has 0 fully saturated rings. The second-order valence-corrected chi connectivity index (χ2v) is 5.45. The number of nitrogens with zero attached hydrogens (tertiary/aromatic N) is 1. The number of amides is 1. The van der Waals surface area contributed by atoms with Crippen molar-refractivity contribution < 1.29 is 27.4 Å². The zero-order chi connectivity index (χ0) is 19.2. The van der Waals surface area contributed by atoms with Gasteiger partial charge in [-0.15, -0.1) is 0 Å². The second kappa shape index (κ2) is 8.66. The Morgan fingerprint density at radius 3 is 2.69 bits per heavy atom. The predicted octanol–water partition coefficient (Wildman–Crippen LogP) is 3.93. The first-order valence-electron chi connectivity index (χ1n) is 7.94. The van der Waals surface area contributed by atoms with E-state index < -0.39 is 17.8 Å². The Labute approximate surface area is 149 Å². The number of ether oxygens (including phenoxy) is 2. The van der Waals surface area contributed by atoms with Crippen LogP contribution in [-0.4, -0.2) is 24.1 Å². The number of alkyl halides is 3. The van der Waals surface area contributed by atoms with Gasteiger partial charge in [0.25, 0.3) is 0 Å². The molecule has 140 valence electrons. The molecule has 1 atom stereocenters. The Balaban J connectivity index is 2.13. The van der Waals surface area contributed by atoms with Crippen LogP contribution in [0, 0.1) is 0 Å². The van der Waals surface area contributed by atoms with Gasteiger partial charge in [0.1, 0.15) is 11.9 Å². The van der Waals surface area contributed by atoms with Gasteiger partial charge in [-0.05, 0) is 30.7 Å². The van der Waals surface area contributed by atoms with Crippen molar-refractivity contribution in [2.75, 3.05) is 7.11 Å². The zero-order valence-corrected chi connectivity index (χ0v) is 14.3. The molecule has 1 aromatic carbocycles. The largest absolute Gasteiger partial charge is 0.439 e. The van der Waals surface area contributed by atoms with Crippen molar-refractivity contribution >= 4 is 5.91 Å². The molecule has 1 heterocycles. The van der Waals surface area contributed by atoms with Gasteiger partial charge in [-0.3, -0.25) is 4.79 Å². The third-order valence-corrected chi connectivity index (χ3v) is 3.63. The monoisotopic (exact) mass is 368 g/mol. The molecule has 0 unspecified atom stereocenters. The lowest BCUT2D eigenvalue weighted by Gasteiger charge is -2.15. The van der Waals surface area contributed by atoms with Crippen molar-refractivity contribution in [3.05, 3.63) is 53.7 Å². The van der Waals surface area contributed by atoms with Gasteiger partial charge in [0.05, 0.1) is 5.56 Å². The fourth-order valence-electron chi connectivity index (χ4n) is 2.25. The molecule has 1 amide bonds. The third kappa shape index (κ3) is 5.19. The number of methoxy groups -OCH3 is 1. The summed E-state index contributed by atoms with van der Waals surface area (Å²) in [7, 11) is 1.44. The van der Waals surface area contributed by atoms with Gasteiger partial charge >= 0.3 is 6.18 Å². The minimum atomic E-state index is -4.46. The summed E-state index contributed by atoms with van der Waals surface area (Å²) >= 11 is 0. The number of rotatable bonds is 7. The van der Waals surface area contributed by atoms with Crippen molar-refractivity contribution in [2.45, 2.75) is 32.2 Å². The van der Waals surface area contributed by atoms with Crippen LogP contribution < -0.4 is 10.1 Å². The van der Waals surface area contributed by atoms with Gasteiger partial charge in [-0.2, -0.15) is 13.2 Å². The van der Waals surface area contributed by atoms with E-state index in [1.54, 1.807) is 12.1 Å². The molecule has 0 bridgehead atoms. The van der Waals surface area contributed by atoms with Crippen LogP contribution in [0.5, 0.6) is 11.6 Å². The molecule has 1 aromatic heterocycles. The minimum absolute atomic E-state index is 0.00873. The lowest BCUT2D eigenvalue weighted by atomic mass is 10.2. The summed E-state index contributed by atoms with van der Waals surface area (Å²) in [5.41, 5.74) is -0.282. The number of carbonyl (C=O) groups excluding carboxylic acids is 1. The summed E-state index contributed by atoms with van der Waals surface area (Å²) in [6.45, 7) is 1.93. The predicted molar refractivity (Wildman–Crippen MR) is 88.7 cm³/mol. The van der Waals surface area contributed by atoms with E-state index in [2.05, 4.69) is 10.3 Å². The molecule has 0 saturated heterocycles. The molecule has 2 aromatic rings. The average Bonchev–Trinajstić information content (AvgIpc) is 2.61. The first-order valence-corrected chi connectivity index (χ1v) is 7.94. The van der Waals surface area contributed by atoms with E-state index in [1.165, 1.54) is 25.4 Å². The summed E-state index contributed by atoms with van der Waals surface area (Å²) in [6, 6.07) is 7.84. The summed E-state index contributed by atoms with van der Waals surface area (Å²) in [6.07, 6.45) is -3.06. The van der Waals surface area contributed by atoms with E-state index in [9.17, 15) is 18.0 Å². The summed E-state index contributed by atoms with van der Waals surface area (Å²) < 4.78 is 49.0. The van der Waals surface area contributed by atoms with Gasteiger partial charge in [-0.1, -0.05) is 19.1 Å². The van der Waals surface area contributed by atoms with Crippen LogP contribution in [0.15, 0.2) is 42.6 Å². The Hall–Kier alpha value is -2.61. The number of pyridine rings is 1. The maximum atomic E-state index is 12.8. The summed E-state index contributed by atoms with van der Waals surface area (Å²) in [5, 5.41) is 2.70. The van der Waals surface area contributed by atoms with E-state index in [4.69, 9.17) is 9.47 Å². The molecule has 0 aliphatic heterocycles. The number of carbonyl (C=O) groups is 1. The van der Waals surface area contributed by atoms with Gasteiger partial charge in [0, 0.05) is 25.4 Å². The third-order valence-electron chi connectivity index (χ3n) is 3.63. The fraction of sp³-hybridized carbons (Fsp3) is 0.333. The van der Waals surface area contributed by atoms with E-state index in [-0.39, 0.29) is 24.1 Å². The van der Waals surface area contributed by atoms with Crippen LogP contribution in [-0.2, 0) is 22.3 Å². The van der Waals surface area contributed by atoms with Crippen molar-refractivity contribution in [3.63, 3.8) is 0 Å². The van der Waals surface area contributed by atoms with Crippen molar-refractivity contribution in [1.82, 2.24) is 10.3 Å². The molecular formula is C18H19F3N2O3. The van der Waals surface area contributed by atoms with E-state index in [1.807, 2.05) is 6.92 Å². The number of aromatic nitrogens is 1. The van der Waals surface area contributed by atoms with Gasteiger partial charge in [-0.25, -0.2) is 4.98 Å². The molecule has 0 spiro atoms.